The Kier molecular flexibility index (Phi) is 8.30. The van der Waals surface area contributed by atoms with Crippen molar-refractivity contribution in [3.05, 3.63) is 59.9 Å². The number of hydrogen-bond donors (Lipinski definition) is 3. The molecular formula is C27H28O11. The van der Waals surface area contributed by atoms with Gasteiger partial charge in [0.2, 0.25) is 12.4 Å². The van der Waals surface area contributed by atoms with Crippen LogP contribution in [0.15, 0.2) is 53.1 Å². The van der Waals surface area contributed by atoms with Gasteiger partial charge in [0.15, 0.2) is 11.9 Å². The zero-order chi connectivity index (χ0) is 27.4. The number of aliphatic hydroxyl groups is 2. The van der Waals surface area contributed by atoms with Crippen molar-refractivity contribution in [2.75, 3.05) is 6.61 Å². The molecule has 2 heterocycles. The first-order chi connectivity index (χ1) is 18.2. The van der Waals surface area contributed by atoms with Crippen LogP contribution in [0.4, 0.5) is 0 Å². The summed E-state index contributed by atoms with van der Waals surface area (Å²) in [5.74, 6) is -2.41. The zero-order valence-electron chi connectivity index (χ0n) is 20.7. The van der Waals surface area contributed by atoms with Gasteiger partial charge < -0.3 is 38.7 Å². The van der Waals surface area contributed by atoms with Gasteiger partial charge >= 0.3 is 11.9 Å². The largest absolute Gasteiger partial charge is 0.507 e. The van der Waals surface area contributed by atoms with Crippen molar-refractivity contribution >= 4 is 28.7 Å². The molecule has 0 radical (unpaired) electrons. The molecule has 38 heavy (non-hydrogen) atoms. The Bertz CT molecular complexity index is 1310. The summed E-state index contributed by atoms with van der Waals surface area (Å²) in [5.41, 5.74) is 1.49. The standard InChI is InChI=1S/C27H28O11/c1-14(29)35-25-24(33)22(13-28)38-27(26(25)36-15(2)30)37-21-5-3-4-18(31)23(21)19(32)8-6-16-7-9-20-17(12-16)10-11-34-20/h3-5,7,9-12,22,24-28,31,33H,6,8,13H2,1-2H3/t22-,24-,25+,26-,27-/m1/s1. The third kappa shape index (κ3) is 5.96. The number of carbonyl (C=O) groups excluding carboxylic acids is 3. The fraction of sp³-hybridized carbons (Fsp3) is 0.370. The van der Waals surface area contributed by atoms with Crippen molar-refractivity contribution in [1.82, 2.24) is 0 Å². The van der Waals surface area contributed by atoms with E-state index in [2.05, 4.69) is 0 Å². The molecule has 0 amide bonds. The topological polar surface area (TPSA) is 162 Å². The van der Waals surface area contributed by atoms with Gasteiger partial charge in [-0.1, -0.05) is 12.1 Å². The lowest BCUT2D eigenvalue weighted by molar-refractivity contribution is -0.285. The molecule has 2 aromatic carbocycles. The summed E-state index contributed by atoms with van der Waals surface area (Å²) in [4.78, 5) is 36.7. The number of fused-ring (bicyclic) bond motifs is 1. The van der Waals surface area contributed by atoms with Crippen molar-refractivity contribution in [1.29, 1.82) is 0 Å². The maximum atomic E-state index is 13.2. The monoisotopic (exact) mass is 528 g/mol. The van der Waals surface area contributed by atoms with Crippen molar-refractivity contribution in [2.24, 2.45) is 0 Å². The summed E-state index contributed by atoms with van der Waals surface area (Å²) in [5, 5.41) is 31.7. The Morgan fingerprint density at radius 2 is 1.74 bits per heavy atom. The van der Waals surface area contributed by atoms with E-state index in [0.717, 1.165) is 30.4 Å². The van der Waals surface area contributed by atoms with Crippen molar-refractivity contribution in [3.63, 3.8) is 0 Å². The first-order valence-electron chi connectivity index (χ1n) is 11.9. The fourth-order valence-corrected chi connectivity index (χ4v) is 4.36. The highest BCUT2D eigenvalue weighted by Crippen LogP contribution is 2.34. The van der Waals surface area contributed by atoms with Crippen molar-refractivity contribution < 1.29 is 53.1 Å². The van der Waals surface area contributed by atoms with E-state index in [1.54, 1.807) is 6.26 Å². The van der Waals surface area contributed by atoms with Crippen molar-refractivity contribution in [3.8, 4) is 11.5 Å². The second-order valence-electron chi connectivity index (χ2n) is 8.85. The fourth-order valence-electron chi connectivity index (χ4n) is 4.36. The number of hydrogen-bond acceptors (Lipinski definition) is 11. The number of carbonyl (C=O) groups is 3. The van der Waals surface area contributed by atoms with Crippen LogP contribution >= 0.6 is 0 Å². The van der Waals surface area contributed by atoms with E-state index in [-0.39, 0.29) is 23.5 Å². The number of phenols is 1. The maximum absolute atomic E-state index is 13.2. The Morgan fingerprint density at radius 1 is 1.00 bits per heavy atom. The predicted octanol–water partition coefficient (Wildman–Crippen LogP) is 2.27. The molecule has 11 heteroatoms. The number of rotatable bonds is 9. The van der Waals surface area contributed by atoms with Gasteiger partial charge in [-0.25, -0.2) is 0 Å². The van der Waals surface area contributed by atoms with Crippen LogP contribution in [0.2, 0.25) is 0 Å². The molecule has 0 unspecified atom stereocenters. The van der Waals surface area contributed by atoms with Gasteiger partial charge in [-0.15, -0.1) is 0 Å². The number of aryl methyl sites for hydroxylation is 1. The molecule has 1 saturated heterocycles. The van der Waals surface area contributed by atoms with E-state index < -0.39 is 55.0 Å². The summed E-state index contributed by atoms with van der Waals surface area (Å²) >= 11 is 0. The number of ketones is 1. The van der Waals surface area contributed by atoms with Crippen LogP contribution in [-0.4, -0.2) is 70.4 Å². The second-order valence-corrected chi connectivity index (χ2v) is 8.85. The molecule has 0 spiro atoms. The van der Waals surface area contributed by atoms with E-state index in [1.165, 1.54) is 18.2 Å². The third-order valence-corrected chi connectivity index (χ3v) is 6.09. The van der Waals surface area contributed by atoms with E-state index in [9.17, 15) is 29.7 Å². The number of furan rings is 1. The van der Waals surface area contributed by atoms with Gasteiger partial charge in [0.05, 0.1) is 12.9 Å². The maximum Gasteiger partial charge on any atom is 0.303 e. The van der Waals surface area contributed by atoms with Gasteiger partial charge in [-0.3, -0.25) is 14.4 Å². The quantitative estimate of drug-likeness (QED) is 0.276. The average molecular weight is 529 g/mol. The second kappa shape index (κ2) is 11.6. The summed E-state index contributed by atoms with van der Waals surface area (Å²) in [6.07, 6.45) is -5.19. The minimum atomic E-state index is -1.54. The molecule has 5 atom stereocenters. The van der Waals surface area contributed by atoms with Gasteiger partial charge in [0, 0.05) is 25.7 Å². The third-order valence-electron chi connectivity index (χ3n) is 6.09. The Morgan fingerprint density at radius 3 is 2.45 bits per heavy atom. The van der Waals surface area contributed by atoms with E-state index in [0.29, 0.717) is 6.42 Å². The summed E-state index contributed by atoms with van der Waals surface area (Å²) in [7, 11) is 0. The lowest BCUT2D eigenvalue weighted by atomic mass is 9.98. The van der Waals surface area contributed by atoms with Crippen LogP contribution in [0.1, 0.15) is 36.2 Å². The molecule has 3 aromatic rings. The Labute approximate surface area is 217 Å². The van der Waals surface area contributed by atoms with E-state index >= 15 is 0 Å². The lowest BCUT2D eigenvalue weighted by Gasteiger charge is -2.42. The number of aromatic hydroxyl groups is 1. The highest BCUT2D eigenvalue weighted by atomic mass is 16.7. The predicted molar refractivity (Wildman–Crippen MR) is 130 cm³/mol. The Hall–Kier alpha value is -3.93. The molecule has 3 N–H and O–H groups in total. The summed E-state index contributed by atoms with van der Waals surface area (Å²) in [6, 6.07) is 11.6. The number of Topliss-reactive ketones (excluding diaryl/α,β-unsaturated/α-hetero) is 1. The molecule has 1 aromatic heterocycles. The molecule has 0 saturated carbocycles. The first kappa shape index (κ1) is 27.1. The van der Waals surface area contributed by atoms with Gasteiger partial charge in [0.25, 0.3) is 0 Å². The van der Waals surface area contributed by atoms with E-state index in [1.807, 2.05) is 24.3 Å². The molecule has 0 bridgehead atoms. The first-order valence-corrected chi connectivity index (χ1v) is 11.9. The SMILES string of the molecule is CC(=O)O[C@H]1[C@H](Oc2cccc(O)c2C(=O)CCc2ccc3occc3c2)O[C@H](CO)[C@@H](O)[C@@H]1OC(C)=O. The highest BCUT2D eigenvalue weighted by Gasteiger charge is 2.50. The van der Waals surface area contributed by atoms with E-state index in [4.69, 9.17) is 23.4 Å². The van der Waals surface area contributed by atoms with Crippen LogP contribution in [-0.2, 0) is 30.2 Å². The Balaban J connectivity index is 1.58. The number of benzene rings is 2. The van der Waals surface area contributed by atoms with Crippen molar-refractivity contribution in [2.45, 2.75) is 57.4 Å². The number of esters is 2. The van der Waals surface area contributed by atoms with Crippen LogP contribution < -0.4 is 4.74 Å². The average Bonchev–Trinajstić information content (AvgIpc) is 3.34. The molecule has 1 aliphatic heterocycles. The summed E-state index contributed by atoms with van der Waals surface area (Å²) < 4.78 is 27.3. The molecule has 11 nitrogen and oxygen atoms in total. The van der Waals surface area contributed by atoms with Gasteiger partial charge in [0.1, 0.15) is 34.9 Å². The molecule has 202 valence electrons. The smallest absolute Gasteiger partial charge is 0.303 e. The highest BCUT2D eigenvalue weighted by molar-refractivity contribution is 6.01. The van der Waals surface area contributed by atoms with Gasteiger partial charge in [-0.05, 0) is 42.3 Å². The van der Waals surface area contributed by atoms with Crippen LogP contribution in [0.3, 0.4) is 0 Å². The molecule has 1 aliphatic rings. The molecule has 1 fully saturated rings. The zero-order valence-corrected chi connectivity index (χ0v) is 20.7. The normalized spacial score (nSPS) is 23.1. The minimum Gasteiger partial charge on any atom is -0.507 e. The van der Waals surface area contributed by atoms with Gasteiger partial charge in [-0.2, -0.15) is 0 Å². The molecular weight excluding hydrogens is 500 g/mol. The van der Waals surface area contributed by atoms with Crippen LogP contribution in [0.5, 0.6) is 11.5 Å². The lowest BCUT2D eigenvalue weighted by Crippen LogP contribution is -2.62. The van der Waals surface area contributed by atoms with Crippen LogP contribution in [0.25, 0.3) is 11.0 Å². The number of ether oxygens (including phenoxy) is 4. The number of phenolic OH excluding ortho intramolecular Hbond substituents is 1. The van der Waals surface area contributed by atoms with Crippen LogP contribution in [0, 0.1) is 0 Å². The number of aliphatic hydroxyl groups excluding tert-OH is 2. The molecule has 4 rings (SSSR count). The summed E-state index contributed by atoms with van der Waals surface area (Å²) in [6.45, 7) is 1.54. The molecule has 0 aliphatic carbocycles. The minimum absolute atomic E-state index is 0.0320.